The van der Waals surface area contributed by atoms with Gasteiger partial charge in [0.2, 0.25) is 11.8 Å². The fraction of sp³-hybridized carbons (Fsp3) is 0.389. The Morgan fingerprint density at radius 3 is 2.64 bits per heavy atom. The van der Waals surface area contributed by atoms with E-state index in [2.05, 4.69) is 5.32 Å². The van der Waals surface area contributed by atoms with Gasteiger partial charge in [0.1, 0.15) is 10.6 Å². The van der Waals surface area contributed by atoms with Crippen LogP contribution in [-0.2, 0) is 19.1 Å². The molecule has 0 aliphatic heterocycles. The Kier molecular flexibility index (Phi) is 8.58. The largest absolute Gasteiger partial charge is 0.462 e. The normalized spacial score (nSPS) is 10.8. The van der Waals surface area contributed by atoms with E-state index in [1.807, 2.05) is 22.9 Å². The fourth-order valence-corrected chi connectivity index (χ4v) is 4.28. The summed E-state index contributed by atoms with van der Waals surface area (Å²) in [5, 5.41) is 6.91. The van der Waals surface area contributed by atoms with Gasteiger partial charge in [-0.05, 0) is 18.4 Å². The van der Waals surface area contributed by atoms with Gasteiger partial charge in [0, 0.05) is 29.5 Å². The molecule has 0 aliphatic rings. The topological polar surface area (TPSA) is 111 Å². The molecule has 0 aromatic carbocycles. The third-order valence-corrected chi connectivity index (χ3v) is 5.47. The molecule has 2 aromatic heterocycles. The summed E-state index contributed by atoms with van der Waals surface area (Å²) in [6.07, 6.45) is 0. The third kappa shape index (κ3) is 6.13. The zero-order valence-corrected chi connectivity index (χ0v) is 17.4. The van der Waals surface area contributed by atoms with E-state index >= 15 is 0 Å². The first-order valence-electron chi connectivity index (χ1n) is 8.58. The summed E-state index contributed by atoms with van der Waals surface area (Å²) in [5.41, 5.74) is 6.30. The zero-order chi connectivity index (χ0) is 20.5. The summed E-state index contributed by atoms with van der Waals surface area (Å²) in [4.78, 5) is 38.7. The lowest BCUT2D eigenvalue weighted by molar-refractivity contribution is -0.121. The number of hydrogen-bond donors (Lipinski definition) is 2. The minimum atomic E-state index is -0.535. The minimum Gasteiger partial charge on any atom is -0.462 e. The van der Waals surface area contributed by atoms with Gasteiger partial charge < -0.3 is 20.5 Å². The monoisotopic (exact) mass is 425 g/mol. The molecule has 28 heavy (non-hydrogen) atoms. The quantitative estimate of drug-likeness (QED) is 0.533. The van der Waals surface area contributed by atoms with Gasteiger partial charge >= 0.3 is 5.97 Å². The first kappa shape index (κ1) is 22.0. The Bertz CT molecular complexity index is 804. The number of nitrogens with one attached hydrogen (secondary N) is 1. The van der Waals surface area contributed by atoms with E-state index in [1.165, 1.54) is 29.8 Å². The van der Waals surface area contributed by atoms with Crippen molar-refractivity contribution in [2.75, 3.05) is 45.3 Å². The van der Waals surface area contributed by atoms with Gasteiger partial charge in [-0.3, -0.25) is 14.5 Å². The molecule has 0 spiro atoms. The molecule has 0 fully saturated rings. The highest BCUT2D eigenvalue weighted by Gasteiger charge is 2.24. The van der Waals surface area contributed by atoms with Crippen LogP contribution in [0.2, 0.25) is 0 Å². The van der Waals surface area contributed by atoms with Gasteiger partial charge in [-0.2, -0.15) is 0 Å². The second-order valence-corrected chi connectivity index (χ2v) is 7.60. The lowest BCUT2D eigenvalue weighted by atomic mass is 10.1. The third-order valence-electron chi connectivity index (χ3n) is 3.67. The van der Waals surface area contributed by atoms with Crippen LogP contribution < -0.4 is 11.1 Å². The van der Waals surface area contributed by atoms with Crippen molar-refractivity contribution in [3.05, 3.63) is 28.5 Å². The molecular weight excluding hydrogens is 402 g/mol. The van der Waals surface area contributed by atoms with Crippen LogP contribution in [0.25, 0.3) is 10.4 Å². The number of methoxy groups -OCH3 is 1. The van der Waals surface area contributed by atoms with E-state index in [9.17, 15) is 14.4 Å². The molecule has 2 rings (SSSR count). The number of ether oxygens (including phenoxy) is 2. The molecule has 0 saturated heterocycles. The predicted octanol–water partition coefficient (Wildman–Crippen LogP) is 2.03. The molecule has 10 heteroatoms. The number of thiophene rings is 2. The first-order valence-corrected chi connectivity index (χ1v) is 10.3. The highest BCUT2D eigenvalue weighted by atomic mass is 32.1. The van der Waals surface area contributed by atoms with E-state index < -0.39 is 11.9 Å². The summed E-state index contributed by atoms with van der Waals surface area (Å²) in [5.74, 6) is -1.38. The maximum atomic E-state index is 12.5. The van der Waals surface area contributed by atoms with Crippen LogP contribution in [0.4, 0.5) is 5.00 Å². The van der Waals surface area contributed by atoms with Crippen molar-refractivity contribution in [3.8, 4) is 10.4 Å². The minimum absolute atomic E-state index is 0.0548. The summed E-state index contributed by atoms with van der Waals surface area (Å²) in [7, 11) is 1.53. The summed E-state index contributed by atoms with van der Waals surface area (Å²) >= 11 is 2.75. The number of anilines is 1. The number of carbonyl (C=O) groups excluding carboxylic acids is 3. The second kappa shape index (κ2) is 10.9. The summed E-state index contributed by atoms with van der Waals surface area (Å²) in [6.45, 7) is 2.58. The number of nitrogens with zero attached hydrogens (tertiary/aromatic N) is 1. The Hall–Kier alpha value is -2.27. The predicted molar refractivity (Wildman–Crippen MR) is 110 cm³/mol. The molecular formula is C18H23N3O5S2. The first-order chi connectivity index (χ1) is 13.5. The number of nitrogens with two attached hydrogens (primary N) is 1. The fourth-order valence-electron chi connectivity index (χ4n) is 2.49. The lowest BCUT2D eigenvalue weighted by Crippen LogP contribution is -2.40. The molecule has 8 nitrogen and oxygen atoms in total. The Labute approximate surface area is 171 Å². The number of carbonyl (C=O) groups is 3. The zero-order valence-electron chi connectivity index (χ0n) is 15.7. The number of primary amides is 1. The maximum Gasteiger partial charge on any atom is 0.341 e. The molecule has 0 radical (unpaired) electrons. The number of hydrogen-bond acceptors (Lipinski definition) is 8. The molecule has 0 atom stereocenters. The maximum absolute atomic E-state index is 12.5. The number of amides is 2. The van der Waals surface area contributed by atoms with E-state index in [4.69, 9.17) is 15.2 Å². The molecule has 0 saturated carbocycles. The van der Waals surface area contributed by atoms with Crippen molar-refractivity contribution >= 4 is 45.5 Å². The van der Waals surface area contributed by atoms with Gasteiger partial charge in [0.25, 0.3) is 0 Å². The van der Waals surface area contributed by atoms with Gasteiger partial charge in [-0.1, -0.05) is 6.07 Å². The standard InChI is InChI=1S/C18H23N3O5S2/c1-3-26-18(24)16-12(13-5-4-8-27-13)11-28-17(16)20-15(23)10-21(6-7-25-2)9-14(19)22/h4-5,8,11H,3,6-7,9-10H2,1-2H3,(H2,19,22)(H,20,23). The van der Waals surface area contributed by atoms with Crippen LogP contribution in [0.1, 0.15) is 17.3 Å². The van der Waals surface area contributed by atoms with Gasteiger partial charge in [0.05, 0.1) is 26.3 Å². The van der Waals surface area contributed by atoms with Crippen molar-refractivity contribution in [1.82, 2.24) is 4.90 Å². The van der Waals surface area contributed by atoms with Crippen LogP contribution in [-0.4, -0.2) is 62.6 Å². The highest BCUT2D eigenvalue weighted by molar-refractivity contribution is 7.17. The van der Waals surface area contributed by atoms with Gasteiger partial charge in [-0.15, -0.1) is 22.7 Å². The molecule has 2 amide bonds. The second-order valence-electron chi connectivity index (χ2n) is 5.77. The van der Waals surface area contributed by atoms with E-state index in [-0.39, 0.29) is 25.6 Å². The van der Waals surface area contributed by atoms with Crippen molar-refractivity contribution in [2.45, 2.75) is 6.92 Å². The average Bonchev–Trinajstić information content (AvgIpc) is 3.28. The Morgan fingerprint density at radius 2 is 2.04 bits per heavy atom. The lowest BCUT2D eigenvalue weighted by Gasteiger charge is -2.19. The van der Waals surface area contributed by atoms with E-state index in [0.717, 1.165) is 10.4 Å². The van der Waals surface area contributed by atoms with Gasteiger partial charge in [0.15, 0.2) is 0 Å². The van der Waals surface area contributed by atoms with Crippen LogP contribution in [0.5, 0.6) is 0 Å². The van der Waals surface area contributed by atoms with Crippen LogP contribution in [0.3, 0.4) is 0 Å². The molecule has 0 aliphatic carbocycles. The Morgan fingerprint density at radius 1 is 1.25 bits per heavy atom. The van der Waals surface area contributed by atoms with Crippen molar-refractivity contribution in [3.63, 3.8) is 0 Å². The van der Waals surface area contributed by atoms with Crippen LogP contribution in [0.15, 0.2) is 22.9 Å². The molecule has 2 aromatic rings. The van der Waals surface area contributed by atoms with Crippen LogP contribution >= 0.6 is 22.7 Å². The molecule has 0 unspecified atom stereocenters. The number of rotatable bonds is 11. The number of esters is 1. The van der Waals surface area contributed by atoms with Crippen molar-refractivity contribution in [2.24, 2.45) is 5.73 Å². The molecule has 2 heterocycles. The van der Waals surface area contributed by atoms with Crippen LogP contribution in [0, 0.1) is 0 Å². The van der Waals surface area contributed by atoms with E-state index in [0.29, 0.717) is 23.7 Å². The smallest absolute Gasteiger partial charge is 0.341 e. The Balaban J connectivity index is 2.18. The SMILES string of the molecule is CCOC(=O)c1c(-c2cccs2)csc1NC(=O)CN(CCOC)CC(N)=O. The van der Waals surface area contributed by atoms with E-state index in [1.54, 1.807) is 11.8 Å². The molecule has 152 valence electrons. The molecule has 0 bridgehead atoms. The van der Waals surface area contributed by atoms with Crippen molar-refractivity contribution < 1.29 is 23.9 Å². The highest BCUT2D eigenvalue weighted by Crippen LogP contribution is 2.38. The summed E-state index contributed by atoms with van der Waals surface area (Å²) in [6, 6.07) is 3.79. The van der Waals surface area contributed by atoms with Gasteiger partial charge in [-0.25, -0.2) is 4.79 Å². The summed E-state index contributed by atoms with van der Waals surface area (Å²) < 4.78 is 10.2. The molecule has 3 N–H and O–H groups in total. The van der Waals surface area contributed by atoms with Crippen molar-refractivity contribution in [1.29, 1.82) is 0 Å². The average molecular weight is 426 g/mol.